The number of halogens is 1. The molecule has 3 aromatic rings. The number of aromatic nitrogens is 2. The Hall–Kier alpha value is -2.00. The second-order valence-electron chi connectivity index (χ2n) is 5.18. The van der Waals surface area contributed by atoms with E-state index < -0.39 is 0 Å². The van der Waals surface area contributed by atoms with Crippen LogP contribution in [0.4, 0.5) is 5.69 Å². The van der Waals surface area contributed by atoms with Crippen LogP contribution in [0.3, 0.4) is 0 Å². The van der Waals surface area contributed by atoms with Crippen LogP contribution in [-0.2, 0) is 13.5 Å². The Balaban J connectivity index is 1.91. The van der Waals surface area contributed by atoms with Gasteiger partial charge in [-0.05, 0) is 36.2 Å². The Morgan fingerprint density at radius 2 is 2.10 bits per heavy atom. The zero-order chi connectivity index (χ0) is 13.7. The second kappa shape index (κ2) is 4.25. The number of imidazole rings is 1. The van der Waals surface area contributed by atoms with Gasteiger partial charge >= 0.3 is 0 Å². The van der Waals surface area contributed by atoms with E-state index in [2.05, 4.69) is 28.1 Å². The molecular formula is C16H14ClN3. The molecule has 0 amide bonds. The van der Waals surface area contributed by atoms with E-state index in [-0.39, 0.29) is 0 Å². The average Bonchev–Trinajstić information content (AvgIpc) is 3.02. The third kappa shape index (κ3) is 1.70. The third-order valence-corrected chi connectivity index (χ3v) is 4.16. The summed E-state index contributed by atoms with van der Waals surface area (Å²) in [5.74, 6) is 0.971. The quantitative estimate of drug-likeness (QED) is 0.735. The van der Waals surface area contributed by atoms with Crippen molar-refractivity contribution in [1.29, 1.82) is 0 Å². The molecule has 100 valence electrons. The maximum absolute atomic E-state index is 6.04. The van der Waals surface area contributed by atoms with Crippen LogP contribution in [0.15, 0.2) is 36.4 Å². The molecule has 2 heterocycles. The van der Waals surface area contributed by atoms with Crippen molar-refractivity contribution in [3.8, 4) is 11.4 Å². The highest BCUT2D eigenvalue weighted by atomic mass is 35.5. The summed E-state index contributed by atoms with van der Waals surface area (Å²) >= 11 is 6.04. The van der Waals surface area contributed by atoms with Crippen molar-refractivity contribution in [1.82, 2.24) is 9.55 Å². The number of anilines is 1. The summed E-state index contributed by atoms with van der Waals surface area (Å²) in [5, 5.41) is 4.13. The van der Waals surface area contributed by atoms with Gasteiger partial charge in [0.1, 0.15) is 5.82 Å². The Bertz CT molecular complexity index is 820. The average molecular weight is 284 g/mol. The van der Waals surface area contributed by atoms with Gasteiger partial charge in [-0.2, -0.15) is 0 Å². The van der Waals surface area contributed by atoms with Gasteiger partial charge in [-0.3, -0.25) is 0 Å². The van der Waals surface area contributed by atoms with Crippen molar-refractivity contribution >= 4 is 28.3 Å². The molecule has 0 unspecified atom stereocenters. The van der Waals surface area contributed by atoms with E-state index in [1.807, 2.05) is 25.2 Å². The summed E-state index contributed by atoms with van der Waals surface area (Å²) in [6.07, 6.45) is 1.10. The summed E-state index contributed by atoms with van der Waals surface area (Å²) in [4.78, 5) is 4.72. The van der Waals surface area contributed by atoms with Crippen molar-refractivity contribution in [3.63, 3.8) is 0 Å². The first-order chi connectivity index (χ1) is 9.72. The predicted molar refractivity (Wildman–Crippen MR) is 83.4 cm³/mol. The number of benzene rings is 2. The topological polar surface area (TPSA) is 29.9 Å². The number of nitrogens with zero attached hydrogens (tertiary/aromatic N) is 2. The van der Waals surface area contributed by atoms with Gasteiger partial charge in [0.25, 0.3) is 0 Å². The fourth-order valence-electron chi connectivity index (χ4n) is 2.86. The normalized spacial score (nSPS) is 13.5. The first-order valence-corrected chi connectivity index (χ1v) is 7.09. The Kier molecular flexibility index (Phi) is 2.51. The Labute approximate surface area is 122 Å². The molecule has 0 saturated carbocycles. The van der Waals surface area contributed by atoms with E-state index in [1.54, 1.807) is 0 Å². The Morgan fingerprint density at radius 1 is 1.20 bits per heavy atom. The first-order valence-electron chi connectivity index (χ1n) is 6.71. The summed E-state index contributed by atoms with van der Waals surface area (Å²) in [7, 11) is 2.04. The minimum atomic E-state index is 0.720. The molecule has 0 bridgehead atoms. The van der Waals surface area contributed by atoms with E-state index >= 15 is 0 Å². The van der Waals surface area contributed by atoms with Crippen molar-refractivity contribution < 1.29 is 0 Å². The van der Waals surface area contributed by atoms with Crippen LogP contribution in [0, 0.1) is 0 Å². The highest BCUT2D eigenvalue weighted by Crippen LogP contribution is 2.30. The lowest BCUT2D eigenvalue weighted by Crippen LogP contribution is -1.94. The molecule has 1 aliphatic rings. The van der Waals surface area contributed by atoms with E-state index in [1.165, 1.54) is 11.3 Å². The lowest BCUT2D eigenvalue weighted by atomic mass is 10.1. The van der Waals surface area contributed by atoms with Crippen molar-refractivity contribution in [2.45, 2.75) is 6.42 Å². The Morgan fingerprint density at radius 3 is 3.00 bits per heavy atom. The molecule has 4 rings (SSSR count). The molecule has 2 aromatic carbocycles. The number of hydrogen-bond acceptors (Lipinski definition) is 2. The van der Waals surface area contributed by atoms with Crippen LogP contribution in [0.2, 0.25) is 5.02 Å². The number of rotatable bonds is 1. The fourth-order valence-corrected chi connectivity index (χ4v) is 3.03. The molecule has 0 aliphatic carbocycles. The van der Waals surface area contributed by atoms with Crippen molar-refractivity contribution in [2.75, 3.05) is 11.9 Å². The molecule has 4 heteroatoms. The van der Waals surface area contributed by atoms with E-state index in [4.69, 9.17) is 16.6 Å². The van der Waals surface area contributed by atoms with E-state index in [0.717, 1.165) is 40.4 Å². The summed E-state index contributed by atoms with van der Waals surface area (Å²) in [5.41, 5.74) is 5.78. The molecule has 0 saturated heterocycles. The van der Waals surface area contributed by atoms with Gasteiger partial charge < -0.3 is 9.88 Å². The molecule has 0 radical (unpaired) electrons. The molecule has 20 heavy (non-hydrogen) atoms. The monoisotopic (exact) mass is 283 g/mol. The number of nitrogens with one attached hydrogen (secondary N) is 1. The predicted octanol–water partition coefficient (Wildman–Crippen LogP) is 3.86. The number of hydrogen-bond donors (Lipinski definition) is 1. The van der Waals surface area contributed by atoms with Crippen LogP contribution in [0.1, 0.15) is 5.56 Å². The van der Waals surface area contributed by atoms with Gasteiger partial charge in [0.05, 0.1) is 11.0 Å². The van der Waals surface area contributed by atoms with Gasteiger partial charge in [-0.1, -0.05) is 23.7 Å². The minimum Gasteiger partial charge on any atom is -0.384 e. The molecule has 0 spiro atoms. The van der Waals surface area contributed by atoms with Gasteiger partial charge in [0.2, 0.25) is 0 Å². The largest absolute Gasteiger partial charge is 0.384 e. The highest BCUT2D eigenvalue weighted by molar-refractivity contribution is 6.31. The maximum atomic E-state index is 6.04. The highest BCUT2D eigenvalue weighted by Gasteiger charge is 2.14. The van der Waals surface area contributed by atoms with Gasteiger partial charge in [-0.15, -0.1) is 0 Å². The lowest BCUT2D eigenvalue weighted by molar-refractivity contribution is 0.959. The zero-order valence-electron chi connectivity index (χ0n) is 11.2. The fraction of sp³-hybridized carbons (Fsp3) is 0.188. The molecule has 1 N–H and O–H groups in total. The number of fused-ring (bicyclic) bond motifs is 2. The molecule has 0 fully saturated rings. The van der Waals surface area contributed by atoms with Gasteiger partial charge in [0, 0.05) is 29.9 Å². The van der Waals surface area contributed by atoms with Crippen molar-refractivity contribution in [3.05, 3.63) is 47.0 Å². The third-order valence-electron chi connectivity index (χ3n) is 3.92. The van der Waals surface area contributed by atoms with Crippen molar-refractivity contribution in [2.24, 2.45) is 7.05 Å². The maximum Gasteiger partial charge on any atom is 0.140 e. The molecule has 1 aliphatic heterocycles. The van der Waals surface area contributed by atoms with Crippen LogP contribution in [-0.4, -0.2) is 16.1 Å². The number of aryl methyl sites for hydroxylation is 1. The summed E-state index contributed by atoms with van der Waals surface area (Å²) in [6.45, 7) is 1.02. The van der Waals surface area contributed by atoms with Crippen LogP contribution >= 0.6 is 11.6 Å². The van der Waals surface area contributed by atoms with Gasteiger partial charge in [-0.25, -0.2) is 4.98 Å². The van der Waals surface area contributed by atoms with Crippen LogP contribution < -0.4 is 5.32 Å². The van der Waals surface area contributed by atoms with Crippen LogP contribution in [0.5, 0.6) is 0 Å². The standard InChI is InChI=1S/C16H14ClN3/c1-20-15-5-4-12(17)9-14(15)19-16(20)11-3-2-10-6-7-18-13(10)8-11/h2-5,8-9,18H,6-7H2,1H3. The van der Waals surface area contributed by atoms with E-state index in [9.17, 15) is 0 Å². The molecule has 1 aromatic heterocycles. The smallest absolute Gasteiger partial charge is 0.140 e. The zero-order valence-corrected chi connectivity index (χ0v) is 11.9. The van der Waals surface area contributed by atoms with E-state index in [0.29, 0.717) is 0 Å². The molecule has 3 nitrogen and oxygen atoms in total. The van der Waals surface area contributed by atoms with Gasteiger partial charge in [0.15, 0.2) is 0 Å². The lowest BCUT2D eigenvalue weighted by Gasteiger charge is -2.05. The summed E-state index contributed by atoms with van der Waals surface area (Å²) in [6, 6.07) is 12.3. The van der Waals surface area contributed by atoms with Crippen LogP contribution in [0.25, 0.3) is 22.4 Å². The molecular weight excluding hydrogens is 270 g/mol. The minimum absolute atomic E-state index is 0.720. The molecule has 0 atom stereocenters. The summed E-state index contributed by atoms with van der Waals surface area (Å²) < 4.78 is 2.11. The second-order valence-corrected chi connectivity index (χ2v) is 5.61. The SMILES string of the molecule is Cn1c(-c2ccc3c(c2)NCC3)nc2cc(Cl)ccc21. The first kappa shape index (κ1) is 11.8.